The standard InChI is InChI=1S/C14H16N2O2/c1-15-11-9-13(17)16(14(15)18)10-5-8-12-6-3-2-4-7-12/h2-4,6-7,9,11H,5,8,10H2,1H3. The van der Waals surface area contributed by atoms with E-state index in [4.69, 9.17) is 0 Å². The Balaban J connectivity index is 2.06. The van der Waals surface area contributed by atoms with E-state index in [0.717, 1.165) is 12.8 Å². The molecule has 1 aromatic carbocycles. The summed E-state index contributed by atoms with van der Waals surface area (Å²) < 4.78 is 2.70. The highest BCUT2D eigenvalue weighted by atomic mass is 16.2. The summed E-state index contributed by atoms with van der Waals surface area (Å²) in [7, 11) is 1.65. The predicted octanol–water partition coefficient (Wildman–Crippen LogP) is 1.18. The minimum Gasteiger partial charge on any atom is -0.303 e. The summed E-state index contributed by atoms with van der Waals surface area (Å²) in [5.41, 5.74) is 0.736. The van der Waals surface area contributed by atoms with Crippen molar-refractivity contribution in [2.45, 2.75) is 19.4 Å². The summed E-state index contributed by atoms with van der Waals surface area (Å²) in [5.74, 6) is 0. The quantitative estimate of drug-likeness (QED) is 0.810. The van der Waals surface area contributed by atoms with Gasteiger partial charge in [0.25, 0.3) is 5.56 Å². The largest absolute Gasteiger partial charge is 0.330 e. The maximum atomic E-state index is 11.8. The molecule has 0 fully saturated rings. The topological polar surface area (TPSA) is 44.0 Å². The van der Waals surface area contributed by atoms with Crippen molar-refractivity contribution in [3.05, 3.63) is 69.0 Å². The number of rotatable bonds is 4. The molecule has 0 bridgehead atoms. The van der Waals surface area contributed by atoms with Crippen LogP contribution in [0.1, 0.15) is 12.0 Å². The number of aromatic nitrogens is 2. The molecule has 4 heteroatoms. The fourth-order valence-electron chi connectivity index (χ4n) is 1.91. The van der Waals surface area contributed by atoms with E-state index in [9.17, 15) is 9.59 Å². The van der Waals surface area contributed by atoms with Gasteiger partial charge in [0.15, 0.2) is 0 Å². The Kier molecular flexibility index (Phi) is 3.77. The molecule has 94 valence electrons. The van der Waals surface area contributed by atoms with Crippen LogP contribution >= 0.6 is 0 Å². The van der Waals surface area contributed by atoms with Gasteiger partial charge in [-0.1, -0.05) is 30.3 Å². The molecule has 4 nitrogen and oxygen atoms in total. The molecule has 0 saturated carbocycles. The Labute approximate surface area is 105 Å². The van der Waals surface area contributed by atoms with Crippen molar-refractivity contribution in [3.8, 4) is 0 Å². The molecule has 2 aromatic rings. The molecule has 0 unspecified atom stereocenters. The third-order valence-corrected chi connectivity index (χ3v) is 2.93. The Morgan fingerprint density at radius 1 is 1.06 bits per heavy atom. The lowest BCUT2D eigenvalue weighted by atomic mass is 10.1. The molecule has 2 rings (SSSR count). The van der Waals surface area contributed by atoms with Gasteiger partial charge in [0, 0.05) is 25.9 Å². The molecule has 0 aliphatic heterocycles. The van der Waals surface area contributed by atoms with Crippen LogP contribution in [-0.4, -0.2) is 9.13 Å². The number of hydrogen-bond donors (Lipinski definition) is 0. The van der Waals surface area contributed by atoms with Crippen LogP contribution in [0.5, 0.6) is 0 Å². The summed E-state index contributed by atoms with van der Waals surface area (Å²) in [5, 5.41) is 0. The first-order valence-corrected chi connectivity index (χ1v) is 5.99. The zero-order valence-corrected chi connectivity index (χ0v) is 10.4. The Hall–Kier alpha value is -2.10. The molecular formula is C14H16N2O2. The maximum absolute atomic E-state index is 11.8. The van der Waals surface area contributed by atoms with Crippen LogP contribution in [0.2, 0.25) is 0 Å². The monoisotopic (exact) mass is 244 g/mol. The van der Waals surface area contributed by atoms with Gasteiger partial charge in [0.1, 0.15) is 0 Å². The molecule has 1 aromatic heterocycles. The maximum Gasteiger partial charge on any atom is 0.330 e. The summed E-state index contributed by atoms with van der Waals surface area (Å²) in [4.78, 5) is 23.3. The number of hydrogen-bond acceptors (Lipinski definition) is 2. The van der Waals surface area contributed by atoms with E-state index >= 15 is 0 Å². The van der Waals surface area contributed by atoms with Gasteiger partial charge in [0.05, 0.1) is 0 Å². The van der Waals surface area contributed by atoms with E-state index in [2.05, 4.69) is 0 Å². The van der Waals surface area contributed by atoms with Gasteiger partial charge in [-0.05, 0) is 18.4 Å². The van der Waals surface area contributed by atoms with Crippen molar-refractivity contribution in [2.24, 2.45) is 7.05 Å². The highest BCUT2D eigenvalue weighted by Crippen LogP contribution is 2.02. The first-order valence-electron chi connectivity index (χ1n) is 5.99. The Morgan fingerprint density at radius 3 is 2.50 bits per heavy atom. The average Bonchev–Trinajstić information content (AvgIpc) is 2.39. The molecule has 0 radical (unpaired) electrons. The minimum atomic E-state index is -0.254. The van der Waals surface area contributed by atoms with Gasteiger partial charge in [-0.2, -0.15) is 0 Å². The first-order chi connectivity index (χ1) is 8.68. The van der Waals surface area contributed by atoms with Crippen molar-refractivity contribution in [2.75, 3.05) is 0 Å². The molecule has 0 N–H and O–H groups in total. The molecule has 1 heterocycles. The fourth-order valence-corrected chi connectivity index (χ4v) is 1.91. The van der Waals surface area contributed by atoms with Gasteiger partial charge in [-0.15, -0.1) is 0 Å². The van der Waals surface area contributed by atoms with Crippen LogP contribution in [0, 0.1) is 0 Å². The summed E-state index contributed by atoms with van der Waals surface area (Å²) in [6.07, 6.45) is 3.15. The van der Waals surface area contributed by atoms with Crippen LogP contribution in [0.3, 0.4) is 0 Å². The van der Waals surface area contributed by atoms with Gasteiger partial charge in [0.2, 0.25) is 0 Å². The molecule has 0 aliphatic rings. The smallest absolute Gasteiger partial charge is 0.303 e. The second kappa shape index (κ2) is 5.49. The molecule has 18 heavy (non-hydrogen) atoms. The predicted molar refractivity (Wildman–Crippen MR) is 70.7 cm³/mol. The van der Waals surface area contributed by atoms with Gasteiger partial charge >= 0.3 is 5.69 Å². The van der Waals surface area contributed by atoms with Crippen molar-refractivity contribution < 1.29 is 0 Å². The van der Waals surface area contributed by atoms with Crippen LogP contribution in [0.4, 0.5) is 0 Å². The number of nitrogens with zero attached hydrogens (tertiary/aromatic N) is 2. The summed E-state index contributed by atoms with van der Waals surface area (Å²) in [6.45, 7) is 0.460. The Bertz CT molecular complexity index is 626. The highest BCUT2D eigenvalue weighted by molar-refractivity contribution is 5.14. The van der Waals surface area contributed by atoms with Crippen molar-refractivity contribution in [1.82, 2.24) is 9.13 Å². The van der Waals surface area contributed by atoms with E-state index in [-0.39, 0.29) is 11.2 Å². The number of benzene rings is 1. The van der Waals surface area contributed by atoms with Crippen LogP contribution in [-0.2, 0) is 20.0 Å². The van der Waals surface area contributed by atoms with E-state index in [0.29, 0.717) is 6.54 Å². The van der Waals surface area contributed by atoms with Gasteiger partial charge in [-0.25, -0.2) is 4.79 Å². The van der Waals surface area contributed by atoms with Crippen molar-refractivity contribution in [3.63, 3.8) is 0 Å². The lowest BCUT2D eigenvalue weighted by Gasteiger charge is -2.06. The average molecular weight is 244 g/mol. The molecular weight excluding hydrogens is 228 g/mol. The second-order valence-corrected chi connectivity index (χ2v) is 4.29. The normalized spacial score (nSPS) is 10.5. The molecule has 0 aliphatic carbocycles. The molecule has 0 saturated heterocycles. The van der Waals surface area contributed by atoms with Crippen molar-refractivity contribution in [1.29, 1.82) is 0 Å². The summed E-state index contributed by atoms with van der Waals surface area (Å²) in [6, 6.07) is 11.5. The lowest BCUT2D eigenvalue weighted by molar-refractivity contribution is 0.563. The lowest BCUT2D eigenvalue weighted by Crippen LogP contribution is -2.37. The third-order valence-electron chi connectivity index (χ3n) is 2.93. The highest BCUT2D eigenvalue weighted by Gasteiger charge is 2.02. The summed E-state index contributed by atoms with van der Waals surface area (Å²) >= 11 is 0. The number of aryl methyl sites for hydroxylation is 2. The Morgan fingerprint density at radius 2 is 1.78 bits per heavy atom. The van der Waals surface area contributed by atoms with Crippen molar-refractivity contribution >= 4 is 0 Å². The van der Waals surface area contributed by atoms with Crippen LogP contribution in [0.25, 0.3) is 0 Å². The minimum absolute atomic E-state index is 0.230. The van der Waals surface area contributed by atoms with Gasteiger partial charge < -0.3 is 4.57 Å². The van der Waals surface area contributed by atoms with E-state index in [1.165, 1.54) is 27.0 Å². The van der Waals surface area contributed by atoms with Gasteiger partial charge in [-0.3, -0.25) is 9.36 Å². The zero-order valence-electron chi connectivity index (χ0n) is 10.4. The second-order valence-electron chi connectivity index (χ2n) is 4.29. The first kappa shape index (κ1) is 12.4. The van der Waals surface area contributed by atoms with E-state index in [1.54, 1.807) is 7.05 Å². The van der Waals surface area contributed by atoms with E-state index in [1.807, 2.05) is 30.3 Å². The molecule has 0 amide bonds. The molecule has 0 atom stereocenters. The van der Waals surface area contributed by atoms with E-state index < -0.39 is 0 Å². The SMILES string of the molecule is Cn1ccc(=O)n(CCCc2ccccc2)c1=O. The van der Waals surface area contributed by atoms with Crippen LogP contribution in [0.15, 0.2) is 52.2 Å². The van der Waals surface area contributed by atoms with Crippen LogP contribution < -0.4 is 11.2 Å². The molecule has 0 spiro atoms. The fraction of sp³-hybridized carbons (Fsp3) is 0.286. The zero-order chi connectivity index (χ0) is 13.0. The third kappa shape index (κ3) is 2.77.